The summed E-state index contributed by atoms with van der Waals surface area (Å²) >= 11 is 0. The predicted molar refractivity (Wildman–Crippen MR) is 74.8 cm³/mol. The van der Waals surface area contributed by atoms with Gasteiger partial charge in [0.25, 0.3) is 5.91 Å². The molecule has 2 heterocycles. The maximum absolute atomic E-state index is 13.0. The summed E-state index contributed by atoms with van der Waals surface area (Å²) in [5.41, 5.74) is 1.70. The summed E-state index contributed by atoms with van der Waals surface area (Å²) in [6.45, 7) is 0.756. The van der Waals surface area contributed by atoms with Crippen LogP contribution >= 0.6 is 0 Å². The minimum atomic E-state index is -0.243. The third-order valence-electron chi connectivity index (χ3n) is 3.93. The second kappa shape index (κ2) is 5.12. The number of hydrogen-bond donors (Lipinski definition) is 0. The minimum absolute atomic E-state index is 0.0457. The van der Waals surface area contributed by atoms with E-state index in [0.717, 1.165) is 24.9 Å². The zero-order valence-corrected chi connectivity index (χ0v) is 11.4. The maximum Gasteiger partial charge on any atom is 0.270 e. The molecule has 1 fully saturated rings. The zero-order valence-electron chi connectivity index (χ0n) is 11.4. The lowest BCUT2D eigenvalue weighted by Gasteiger charge is -2.25. The van der Waals surface area contributed by atoms with Gasteiger partial charge < -0.3 is 9.47 Å². The van der Waals surface area contributed by atoms with Gasteiger partial charge in [0, 0.05) is 19.8 Å². The van der Waals surface area contributed by atoms with E-state index in [-0.39, 0.29) is 17.8 Å². The summed E-state index contributed by atoms with van der Waals surface area (Å²) in [7, 11) is 1.87. The highest BCUT2D eigenvalue weighted by atomic mass is 19.1. The number of carbonyl (C=O) groups is 1. The van der Waals surface area contributed by atoms with Crippen LogP contribution in [0.25, 0.3) is 0 Å². The first kappa shape index (κ1) is 12.9. The molecule has 1 saturated heterocycles. The number of amides is 1. The fourth-order valence-corrected chi connectivity index (χ4v) is 2.87. The number of aromatic nitrogens is 1. The molecule has 1 aromatic carbocycles. The van der Waals surface area contributed by atoms with E-state index in [9.17, 15) is 9.18 Å². The molecule has 0 spiro atoms. The van der Waals surface area contributed by atoms with E-state index < -0.39 is 0 Å². The fourth-order valence-electron chi connectivity index (χ4n) is 2.87. The van der Waals surface area contributed by atoms with Crippen LogP contribution in [0.5, 0.6) is 0 Å². The van der Waals surface area contributed by atoms with E-state index in [4.69, 9.17) is 0 Å². The second-order valence-electron chi connectivity index (χ2n) is 5.21. The first-order chi connectivity index (χ1) is 9.66. The summed E-state index contributed by atoms with van der Waals surface area (Å²) in [6, 6.07) is 10.2. The Kier molecular flexibility index (Phi) is 3.30. The summed E-state index contributed by atoms with van der Waals surface area (Å²) in [6.07, 6.45) is 3.79. The van der Waals surface area contributed by atoms with Crippen LogP contribution in [-0.2, 0) is 7.05 Å². The van der Waals surface area contributed by atoms with Crippen molar-refractivity contribution >= 4 is 5.91 Å². The molecule has 0 radical (unpaired) electrons. The first-order valence-corrected chi connectivity index (χ1v) is 6.84. The van der Waals surface area contributed by atoms with Crippen molar-refractivity contribution < 1.29 is 9.18 Å². The topological polar surface area (TPSA) is 25.2 Å². The van der Waals surface area contributed by atoms with Gasteiger partial charge in [0.2, 0.25) is 0 Å². The molecule has 2 aromatic rings. The van der Waals surface area contributed by atoms with Crippen molar-refractivity contribution in [2.24, 2.45) is 7.05 Å². The van der Waals surface area contributed by atoms with Gasteiger partial charge in [-0.2, -0.15) is 0 Å². The predicted octanol–water partition coefficient (Wildman–Crippen LogP) is 3.14. The van der Waals surface area contributed by atoms with Gasteiger partial charge >= 0.3 is 0 Å². The second-order valence-corrected chi connectivity index (χ2v) is 5.21. The number of aryl methyl sites for hydroxylation is 1. The molecule has 3 nitrogen and oxygen atoms in total. The van der Waals surface area contributed by atoms with Crippen LogP contribution in [-0.4, -0.2) is 21.9 Å². The Hall–Kier alpha value is -2.10. The van der Waals surface area contributed by atoms with Crippen LogP contribution < -0.4 is 0 Å². The highest BCUT2D eigenvalue weighted by molar-refractivity contribution is 5.93. The lowest BCUT2D eigenvalue weighted by atomic mass is 10.0. The Labute approximate surface area is 117 Å². The minimum Gasteiger partial charge on any atom is -0.347 e. The fraction of sp³-hybridized carbons (Fsp3) is 0.312. The number of hydrogen-bond acceptors (Lipinski definition) is 1. The van der Waals surface area contributed by atoms with Gasteiger partial charge in [-0.3, -0.25) is 4.79 Å². The van der Waals surface area contributed by atoms with Crippen molar-refractivity contribution in [2.75, 3.05) is 6.54 Å². The monoisotopic (exact) mass is 272 g/mol. The summed E-state index contributed by atoms with van der Waals surface area (Å²) in [4.78, 5) is 14.5. The smallest absolute Gasteiger partial charge is 0.270 e. The Bertz CT molecular complexity index is 618. The molecule has 0 aliphatic carbocycles. The van der Waals surface area contributed by atoms with E-state index in [1.165, 1.54) is 12.1 Å². The van der Waals surface area contributed by atoms with E-state index in [2.05, 4.69) is 0 Å². The van der Waals surface area contributed by atoms with Crippen LogP contribution in [0.1, 0.15) is 34.9 Å². The average Bonchev–Trinajstić information content (AvgIpc) is 3.07. The average molecular weight is 272 g/mol. The van der Waals surface area contributed by atoms with E-state index in [0.29, 0.717) is 5.69 Å². The molecule has 0 bridgehead atoms. The van der Waals surface area contributed by atoms with Crippen LogP contribution in [0, 0.1) is 5.82 Å². The molecule has 0 saturated carbocycles. The Morgan fingerprint density at radius 2 is 2.00 bits per heavy atom. The van der Waals surface area contributed by atoms with Gasteiger partial charge in [-0.05, 0) is 42.7 Å². The molecule has 1 aliphatic heterocycles. The third-order valence-corrected chi connectivity index (χ3v) is 3.93. The molecular weight excluding hydrogens is 255 g/mol. The molecule has 0 unspecified atom stereocenters. The van der Waals surface area contributed by atoms with Gasteiger partial charge in [0.05, 0.1) is 6.04 Å². The molecule has 3 rings (SSSR count). The number of carbonyl (C=O) groups excluding carboxylic acids is 1. The molecular formula is C16H17FN2O. The third kappa shape index (κ3) is 2.22. The molecule has 1 amide bonds. The van der Waals surface area contributed by atoms with Crippen LogP contribution in [0.15, 0.2) is 42.6 Å². The number of nitrogens with zero attached hydrogens (tertiary/aromatic N) is 2. The van der Waals surface area contributed by atoms with E-state index in [1.54, 1.807) is 12.1 Å². The Balaban J connectivity index is 1.87. The molecule has 4 heteroatoms. The van der Waals surface area contributed by atoms with Crippen molar-refractivity contribution in [3.05, 3.63) is 59.7 Å². The van der Waals surface area contributed by atoms with Crippen LogP contribution in [0.3, 0.4) is 0 Å². The quantitative estimate of drug-likeness (QED) is 0.824. The van der Waals surface area contributed by atoms with E-state index >= 15 is 0 Å². The molecule has 0 N–H and O–H groups in total. The molecule has 20 heavy (non-hydrogen) atoms. The summed E-state index contributed by atoms with van der Waals surface area (Å²) < 4.78 is 14.9. The number of halogens is 1. The van der Waals surface area contributed by atoms with Crippen molar-refractivity contribution in [3.63, 3.8) is 0 Å². The first-order valence-electron chi connectivity index (χ1n) is 6.84. The molecule has 1 aliphatic rings. The van der Waals surface area contributed by atoms with Gasteiger partial charge in [-0.25, -0.2) is 4.39 Å². The number of rotatable bonds is 2. The van der Waals surface area contributed by atoms with Gasteiger partial charge in [-0.15, -0.1) is 0 Å². The number of likely N-dealkylation sites (tertiary alicyclic amines) is 1. The van der Waals surface area contributed by atoms with Crippen molar-refractivity contribution in [3.8, 4) is 0 Å². The van der Waals surface area contributed by atoms with Gasteiger partial charge in [0.1, 0.15) is 11.5 Å². The standard InChI is InChI=1S/C16H17FN2O/c1-18-10-2-5-15(18)16(20)19-11-3-4-14(19)12-6-8-13(17)9-7-12/h2,5-10,14H,3-4,11H2,1H3/t14-/m0/s1. The summed E-state index contributed by atoms with van der Waals surface area (Å²) in [5, 5.41) is 0. The maximum atomic E-state index is 13.0. The highest BCUT2D eigenvalue weighted by Gasteiger charge is 2.31. The van der Waals surface area contributed by atoms with Crippen molar-refractivity contribution in [1.29, 1.82) is 0 Å². The van der Waals surface area contributed by atoms with Crippen molar-refractivity contribution in [2.45, 2.75) is 18.9 Å². The summed E-state index contributed by atoms with van der Waals surface area (Å²) in [5.74, 6) is -0.198. The van der Waals surface area contributed by atoms with Gasteiger partial charge in [0.15, 0.2) is 0 Å². The Morgan fingerprint density at radius 3 is 2.65 bits per heavy atom. The largest absolute Gasteiger partial charge is 0.347 e. The lowest BCUT2D eigenvalue weighted by molar-refractivity contribution is 0.0726. The van der Waals surface area contributed by atoms with Gasteiger partial charge in [-0.1, -0.05) is 12.1 Å². The van der Waals surface area contributed by atoms with Crippen LogP contribution in [0.4, 0.5) is 4.39 Å². The van der Waals surface area contributed by atoms with Crippen LogP contribution in [0.2, 0.25) is 0 Å². The normalized spacial score (nSPS) is 18.5. The highest BCUT2D eigenvalue weighted by Crippen LogP contribution is 2.33. The Morgan fingerprint density at radius 1 is 1.25 bits per heavy atom. The SMILES string of the molecule is Cn1cccc1C(=O)N1CCC[C@H]1c1ccc(F)cc1. The zero-order chi connectivity index (χ0) is 14.1. The van der Waals surface area contributed by atoms with E-state index in [1.807, 2.05) is 34.8 Å². The molecule has 1 atom stereocenters. The van der Waals surface area contributed by atoms with Crippen molar-refractivity contribution in [1.82, 2.24) is 9.47 Å². The molecule has 104 valence electrons. The molecule has 1 aromatic heterocycles. The lowest BCUT2D eigenvalue weighted by Crippen LogP contribution is -2.31. The number of benzene rings is 1.